The van der Waals surface area contributed by atoms with Crippen LogP contribution in [0.5, 0.6) is 0 Å². The number of hydrogen-bond donors (Lipinski definition) is 2. The summed E-state index contributed by atoms with van der Waals surface area (Å²) in [6, 6.07) is 8.82. The zero-order valence-corrected chi connectivity index (χ0v) is 16.1. The van der Waals surface area contributed by atoms with Crippen molar-refractivity contribution in [1.82, 2.24) is 29.9 Å². The van der Waals surface area contributed by atoms with Crippen LogP contribution in [-0.2, 0) is 10.3 Å². The number of pyridine rings is 1. The number of aromatic nitrogens is 5. The summed E-state index contributed by atoms with van der Waals surface area (Å²) < 4.78 is 15.7. The van der Waals surface area contributed by atoms with Gasteiger partial charge in [0.15, 0.2) is 28.7 Å². The Bertz CT molecular complexity index is 1220. The quantitative estimate of drug-likeness (QED) is 0.538. The summed E-state index contributed by atoms with van der Waals surface area (Å²) in [5.74, 6) is -0.545. The van der Waals surface area contributed by atoms with Gasteiger partial charge >= 0.3 is 0 Å². The highest BCUT2D eigenvalue weighted by Gasteiger charge is 2.36. The third-order valence-electron chi connectivity index (χ3n) is 4.66. The fourth-order valence-corrected chi connectivity index (χ4v) is 3.09. The van der Waals surface area contributed by atoms with Gasteiger partial charge in [-0.25, -0.2) is 14.4 Å². The second-order valence-electron chi connectivity index (χ2n) is 6.94. The molecule has 0 radical (unpaired) electrons. The van der Waals surface area contributed by atoms with E-state index in [4.69, 9.17) is 5.73 Å². The fourth-order valence-electron chi connectivity index (χ4n) is 3.09. The van der Waals surface area contributed by atoms with Crippen molar-refractivity contribution in [2.75, 3.05) is 6.54 Å². The summed E-state index contributed by atoms with van der Waals surface area (Å²) in [5.41, 5.74) is 6.20. The molecule has 0 aliphatic carbocycles. The molecule has 0 saturated heterocycles. The lowest BCUT2D eigenvalue weighted by Gasteiger charge is -2.23. The van der Waals surface area contributed by atoms with E-state index in [9.17, 15) is 9.18 Å². The van der Waals surface area contributed by atoms with Crippen molar-refractivity contribution in [2.45, 2.75) is 25.8 Å². The lowest BCUT2D eigenvalue weighted by atomic mass is 10.0. The number of fused-ring (bicyclic) bond motifs is 3. The second kappa shape index (κ2) is 7.17. The first-order valence-corrected chi connectivity index (χ1v) is 9.26. The highest BCUT2D eigenvalue weighted by molar-refractivity contribution is 5.93. The molecule has 0 aliphatic heterocycles. The number of benzene rings is 1. The van der Waals surface area contributed by atoms with Gasteiger partial charge in [0.2, 0.25) is 5.91 Å². The Hall–Kier alpha value is -3.46. The average molecular weight is 393 g/mol. The highest BCUT2D eigenvalue weighted by Crippen LogP contribution is 2.27. The summed E-state index contributed by atoms with van der Waals surface area (Å²) in [6.45, 7) is 4.02. The molecule has 29 heavy (non-hydrogen) atoms. The predicted molar refractivity (Wildman–Crippen MR) is 106 cm³/mol. The van der Waals surface area contributed by atoms with E-state index < -0.39 is 11.4 Å². The van der Waals surface area contributed by atoms with Crippen molar-refractivity contribution in [1.29, 1.82) is 0 Å². The van der Waals surface area contributed by atoms with Gasteiger partial charge in [0.05, 0.1) is 17.3 Å². The van der Waals surface area contributed by atoms with Gasteiger partial charge in [-0.1, -0.05) is 19.1 Å². The molecular weight excluding hydrogens is 373 g/mol. The summed E-state index contributed by atoms with van der Waals surface area (Å²) in [4.78, 5) is 25.6. The molecule has 0 spiro atoms. The van der Waals surface area contributed by atoms with Gasteiger partial charge in [0.1, 0.15) is 0 Å². The molecule has 1 amide bonds. The first-order valence-electron chi connectivity index (χ1n) is 9.26. The van der Waals surface area contributed by atoms with Crippen molar-refractivity contribution in [3.05, 3.63) is 54.4 Å². The number of carbonyl (C=O) groups excluding carboxylic acids is 1. The Balaban J connectivity index is 1.99. The van der Waals surface area contributed by atoms with Gasteiger partial charge in [-0.2, -0.15) is 4.52 Å². The molecule has 0 saturated carbocycles. The van der Waals surface area contributed by atoms with Crippen LogP contribution in [0, 0.1) is 5.82 Å². The largest absolute Gasteiger partial charge is 0.354 e. The molecule has 8 nitrogen and oxygen atoms in total. The van der Waals surface area contributed by atoms with E-state index in [0.29, 0.717) is 23.1 Å². The zero-order chi connectivity index (χ0) is 20.6. The van der Waals surface area contributed by atoms with Crippen LogP contribution in [0.4, 0.5) is 4.39 Å². The number of amides is 1. The van der Waals surface area contributed by atoms with Crippen molar-refractivity contribution in [3.8, 4) is 11.4 Å². The lowest BCUT2D eigenvalue weighted by molar-refractivity contribution is -0.126. The molecule has 9 heteroatoms. The van der Waals surface area contributed by atoms with E-state index in [2.05, 4.69) is 25.4 Å². The highest BCUT2D eigenvalue weighted by atomic mass is 19.1. The van der Waals surface area contributed by atoms with E-state index in [0.717, 1.165) is 12.6 Å². The molecule has 1 aromatic carbocycles. The van der Waals surface area contributed by atoms with Crippen LogP contribution in [0.3, 0.4) is 0 Å². The molecule has 4 rings (SSSR count). The Labute approximate surface area is 166 Å². The Morgan fingerprint density at radius 3 is 2.83 bits per heavy atom. The second-order valence-corrected chi connectivity index (χ2v) is 6.94. The first kappa shape index (κ1) is 18.9. The van der Waals surface area contributed by atoms with Gasteiger partial charge in [-0.3, -0.25) is 9.78 Å². The minimum Gasteiger partial charge on any atom is -0.354 e. The average Bonchev–Trinajstić information content (AvgIpc) is 3.16. The molecule has 3 heterocycles. The number of hydrogen-bond acceptors (Lipinski definition) is 6. The monoisotopic (exact) mass is 393 g/mol. The Morgan fingerprint density at radius 1 is 1.28 bits per heavy atom. The molecule has 0 fully saturated rings. The number of carbonyl (C=O) groups is 1. The van der Waals surface area contributed by atoms with Gasteiger partial charge in [-0.05, 0) is 31.5 Å². The number of rotatable bonds is 5. The van der Waals surface area contributed by atoms with Gasteiger partial charge < -0.3 is 11.1 Å². The minimum atomic E-state index is -1.47. The molecule has 3 N–H and O–H groups in total. The van der Waals surface area contributed by atoms with Crippen molar-refractivity contribution < 1.29 is 9.18 Å². The van der Waals surface area contributed by atoms with E-state index >= 15 is 0 Å². The standard InChI is InChI=1S/C20H20FN7O/c1-3-9-24-19(29)20(2,22)18-25-15-7-5-4-6-13(15)17-26-16(27-28(17)18)12-8-10-23-11-14(12)21/h4-8,10-11H,3,9,22H2,1-2H3,(H,24,29)/t20-/m0/s1. The summed E-state index contributed by atoms with van der Waals surface area (Å²) in [5, 5.41) is 7.95. The topological polar surface area (TPSA) is 111 Å². The van der Waals surface area contributed by atoms with Crippen LogP contribution < -0.4 is 11.1 Å². The van der Waals surface area contributed by atoms with Crippen molar-refractivity contribution >= 4 is 22.5 Å². The van der Waals surface area contributed by atoms with E-state index in [1.807, 2.05) is 25.1 Å². The molecule has 1 atom stereocenters. The predicted octanol–water partition coefficient (Wildman–Crippen LogP) is 2.18. The fraction of sp³-hybridized carbons (Fsp3) is 0.250. The molecule has 0 aliphatic rings. The summed E-state index contributed by atoms with van der Waals surface area (Å²) in [6.07, 6.45) is 3.34. The van der Waals surface area contributed by atoms with Crippen LogP contribution in [0.15, 0.2) is 42.7 Å². The van der Waals surface area contributed by atoms with Crippen LogP contribution in [0.1, 0.15) is 26.1 Å². The summed E-state index contributed by atoms with van der Waals surface area (Å²) >= 11 is 0. The van der Waals surface area contributed by atoms with Gasteiger partial charge in [0, 0.05) is 18.1 Å². The Morgan fingerprint density at radius 2 is 2.07 bits per heavy atom. The lowest BCUT2D eigenvalue weighted by Crippen LogP contribution is -2.51. The minimum absolute atomic E-state index is 0.161. The number of nitrogens with zero attached hydrogens (tertiary/aromatic N) is 5. The molecular formula is C20H20FN7O. The molecule has 0 unspecified atom stereocenters. The number of nitrogens with two attached hydrogens (primary N) is 1. The number of halogens is 1. The first-order chi connectivity index (χ1) is 13.9. The zero-order valence-electron chi connectivity index (χ0n) is 16.1. The van der Waals surface area contributed by atoms with Crippen LogP contribution >= 0.6 is 0 Å². The Kier molecular flexibility index (Phi) is 4.67. The molecule has 148 valence electrons. The van der Waals surface area contributed by atoms with Crippen LogP contribution in [-0.4, -0.2) is 37.0 Å². The molecule has 3 aromatic heterocycles. The number of para-hydroxylation sites is 1. The van der Waals surface area contributed by atoms with Gasteiger partial charge in [0.25, 0.3) is 0 Å². The SMILES string of the molecule is CCCNC(=O)[C@@](C)(N)c1nc2ccccc2c2nc(-c3ccncc3F)nn12. The molecule has 4 aromatic rings. The van der Waals surface area contributed by atoms with Crippen molar-refractivity contribution in [2.24, 2.45) is 5.73 Å². The molecule has 0 bridgehead atoms. The number of nitrogens with one attached hydrogen (secondary N) is 1. The third kappa shape index (κ3) is 3.19. The maximum Gasteiger partial charge on any atom is 0.247 e. The van der Waals surface area contributed by atoms with Crippen LogP contribution in [0.2, 0.25) is 0 Å². The van der Waals surface area contributed by atoms with Gasteiger partial charge in [-0.15, -0.1) is 5.10 Å². The summed E-state index contributed by atoms with van der Waals surface area (Å²) in [7, 11) is 0. The maximum absolute atomic E-state index is 14.3. The third-order valence-corrected chi connectivity index (χ3v) is 4.66. The van der Waals surface area contributed by atoms with Crippen molar-refractivity contribution in [3.63, 3.8) is 0 Å². The van der Waals surface area contributed by atoms with E-state index in [1.165, 1.54) is 16.8 Å². The maximum atomic E-state index is 14.3. The smallest absolute Gasteiger partial charge is 0.247 e. The normalized spacial score (nSPS) is 13.5. The van der Waals surface area contributed by atoms with E-state index in [-0.39, 0.29) is 23.1 Å². The van der Waals surface area contributed by atoms with Crippen LogP contribution in [0.25, 0.3) is 27.9 Å². The van der Waals surface area contributed by atoms with E-state index in [1.54, 1.807) is 13.0 Å².